The largest absolute Gasteiger partial charge is 0.399 e. The number of nitrogens with two attached hydrogens (primary N) is 1. The molecule has 0 fully saturated rings. The Morgan fingerprint density at radius 1 is 1.00 bits per heavy atom. The average molecular weight is 273 g/mol. The van der Waals surface area contributed by atoms with Gasteiger partial charge in [0.05, 0.1) is 0 Å². The van der Waals surface area contributed by atoms with Crippen LogP contribution in [-0.4, -0.2) is 0 Å². The highest BCUT2D eigenvalue weighted by Gasteiger charge is 1.93. The van der Waals surface area contributed by atoms with Gasteiger partial charge in [0.1, 0.15) is 0 Å². The Hall–Kier alpha value is -1.50. The second-order valence-corrected chi connectivity index (χ2v) is 5.02. The Bertz CT molecular complexity index is 349. The Balaban J connectivity index is 0.000000621. The van der Waals surface area contributed by atoms with Crippen molar-refractivity contribution in [1.82, 2.24) is 0 Å². The SMILES string of the molecule is C=C/C=C/C.CCCCCCCCc1ccc(N)cc1. The first-order valence-corrected chi connectivity index (χ1v) is 7.82. The number of hydrogen-bond donors (Lipinski definition) is 1. The topological polar surface area (TPSA) is 26.0 Å². The summed E-state index contributed by atoms with van der Waals surface area (Å²) in [6.45, 7) is 7.68. The molecule has 20 heavy (non-hydrogen) atoms. The summed E-state index contributed by atoms with van der Waals surface area (Å²) in [4.78, 5) is 0. The van der Waals surface area contributed by atoms with Gasteiger partial charge in [-0.3, -0.25) is 0 Å². The molecule has 0 saturated carbocycles. The third-order valence-corrected chi connectivity index (χ3v) is 3.13. The summed E-state index contributed by atoms with van der Waals surface area (Å²) < 4.78 is 0. The van der Waals surface area contributed by atoms with E-state index in [1.54, 1.807) is 6.08 Å². The molecule has 0 amide bonds. The minimum absolute atomic E-state index is 0.863. The van der Waals surface area contributed by atoms with Crippen molar-refractivity contribution < 1.29 is 0 Å². The second kappa shape index (κ2) is 13.9. The number of allylic oxidation sites excluding steroid dienone is 3. The van der Waals surface area contributed by atoms with E-state index in [-0.39, 0.29) is 0 Å². The molecule has 0 atom stereocenters. The van der Waals surface area contributed by atoms with E-state index in [2.05, 4.69) is 25.6 Å². The first kappa shape index (κ1) is 18.5. The van der Waals surface area contributed by atoms with Crippen LogP contribution >= 0.6 is 0 Å². The molecule has 1 rings (SSSR count). The maximum atomic E-state index is 5.64. The molecule has 0 aliphatic carbocycles. The Morgan fingerprint density at radius 3 is 2.10 bits per heavy atom. The Morgan fingerprint density at radius 2 is 1.60 bits per heavy atom. The number of hydrogen-bond acceptors (Lipinski definition) is 1. The van der Waals surface area contributed by atoms with Gasteiger partial charge in [-0.15, -0.1) is 0 Å². The van der Waals surface area contributed by atoms with Crippen molar-refractivity contribution in [1.29, 1.82) is 0 Å². The third-order valence-electron chi connectivity index (χ3n) is 3.13. The lowest BCUT2D eigenvalue weighted by Gasteiger charge is -2.02. The zero-order chi connectivity index (χ0) is 15.1. The summed E-state index contributed by atoms with van der Waals surface area (Å²) >= 11 is 0. The summed E-state index contributed by atoms with van der Waals surface area (Å²) in [5.41, 5.74) is 7.92. The van der Waals surface area contributed by atoms with E-state index in [0.717, 1.165) is 5.69 Å². The van der Waals surface area contributed by atoms with Crippen LogP contribution < -0.4 is 5.73 Å². The Labute approximate surface area is 125 Å². The summed E-state index contributed by atoms with van der Waals surface area (Å²) in [6, 6.07) is 8.27. The quantitative estimate of drug-likeness (QED) is 0.355. The predicted molar refractivity (Wildman–Crippen MR) is 92.9 cm³/mol. The molecule has 1 nitrogen and oxygen atoms in total. The smallest absolute Gasteiger partial charge is 0.0314 e. The molecular formula is C19H31N. The van der Waals surface area contributed by atoms with Crippen molar-refractivity contribution in [3.8, 4) is 0 Å². The van der Waals surface area contributed by atoms with Gasteiger partial charge < -0.3 is 5.73 Å². The van der Waals surface area contributed by atoms with Crippen LogP contribution in [-0.2, 0) is 6.42 Å². The fourth-order valence-electron chi connectivity index (χ4n) is 1.93. The average Bonchev–Trinajstić information content (AvgIpc) is 2.46. The number of nitrogen functional groups attached to an aromatic ring is 1. The van der Waals surface area contributed by atoms with E-state index in [1.165, 1.54) is 50.5 Å². The van der Waals surface area contributed by atoms with Crippen LogP contribution in [0.15, 0.2) is 49.1 Å². The van der Waals surface area contributed by atoms with Crippen LogP contribution in [0.25, 0.3) is 0 Å². The van der Waals surface area contributed by atoms with Gasteiger partial charge in [0.25, 0.3) is 0 Å². The van der Waals surface area contributed by atoms with Crippen molar-refractivity contribution in [2.24, 2.45) is 0 Å². The third kappa shape index (κ3) is 11.6. The van der Waals surface area contributed by atoms with Gasteiger partial charge in [0.2, 0.25) is 0 Å². The molecule has 0 aromatic heterocycles. The number of unbranched alkanes of at least 4 members (excludes halogenated alkanes) is 5. The highest BCUT2D eigenvalue weighted by atomic mass is 14.5. The first-order chi connectivity index (χ1) is 9.74. The summed E-state index contributed by atoms with van der Waals surface area (Å²) in [6.07, 6.45) is 15.0. The lowest BCUT2D eigenvalue weighted by atomic mass is 10.0. The monoisotopic (exact) mass is 273 g/mol. The molecule has 0 heterocycles. The lowest BCUT2D eigenvalue weighted by Crippen LogP contribution is -1.88. The van der Waals surface area contributed by atoms with Crippen LogP contribution in [0, 0.1) is 0 Å². The lowest BCUT2D eigenvalue weighted by molar-refractivity contribution is 0.607. The van der Waals surface area contributed by atoms with Crippen molar-refractivity contribution in [3.63, 3.8) is 0 Å². The molecular weight excluding hydrogens is 242 g/mol. The molecule has 1 aromatic rings. The normalized spacial score (nSPS) is 10.1. The molecule has 112 valence electrons. The van der Waals surface area contributed by atoms with Crippen LogP contribution in [0.1, 0.15) is 57.9 Å². The van der Waals surface area contributed by atoms with Gasteiger partial charge in [-0.1, -0.05) is 76.0 Å². The van der Waals surface area contributed by atoms with Crippen molar-refractivity contribution >= 4 is 5.69 Å². The van der Waals surface area contributed by atoms with Gasteiger partial charge in [-0.05, 0) is 37.5 Å². The number of benzene rings is 1. The van der Waals surface area contributed by atoms with E-state index >= 15 is 0 Å². The molecule has 2 N–H and O–H groups in total. The molecule has 0 unspecified atom stereocenters. The van der Waals surface area contributed by atoms with Gasteiger partial charge >= 0.3 is 0 Å². The Kier molecular flexibility index (Phi) is 12.9. The molecule has 0 saturated heterocycles. The zero-order valence-electron chi connectivity index (χ0n) is 13.3. The summed E-state index contributed by atoms with van der Waals surface area (Å²) in [5.74, 6) is 0. The zero-order valence-corrected chi connectivity index (χ0v) is 13.3. The maximum absolute atomic E-state index is 5.64. The molecule has 0 aliphatic rings. The minimum Gasteiger partial charge on any atom is -0.399 e. The van der Waals surface area contributed by atoms with Crippen LogP contribution in [0.5, 0.6) is 0 Å². The van der Waals surface area contributed by atoms with Crippen LogP contribution in [0.4, 0.5) is 5.69 Å². The molecule has 0 spiro atoms. The van der Waals surface area contributed by atoms with Gasteiger partial charge in [0.15, 0.2) is 0 Å². The minimum atomic E-state index is 0.863. The first-order valence-electron chi connectivity index (χ1n) is 7.82. The predicted octanol–water partition coefficient (Wildman–Crippen LogP) is 5.92. The van der Waals surface area contributed by atoms with E-state index in [9.17, 15) is 0 Å². The van der Waals surface area contributed by atoms with E-state index in [4.69, 9.17) is 5.73 Å². The number of rotatable bonds is 8. The molecule has 0 aliphatic heterocycles. The highest BCUT2D eigenvalue weighted by Crippen LogP contribution is 2.11. The second-order valence-electron chi connectivity index (χ2n) is 5.02. The van der Waals surface area contributed by atoms with Crippen molar-refractivity contribution in [3.05, 3.63) is 54.6 Å². The highest BCUT2D eigenvalue weighted by molar-refractivity contribution is 5.39. The number of anilines is 1. The molecule has 0 radical (unpaired) electrons. The van der Waals surface area contributed by atoms with E-state index in [0.29, 0.717) is 0 Å². The fourth-order valence-corrected chi connectivity index (χ4v) is 1.93. The summed E-state index contributed by atoms with van der Waals surface area (Å²) in [5, 5.41) is 0. The standard InChI is InChI=1S/C14H23N.C5H8/c1-2-3-4-5-6-7-8-13-9-11-14(15)12-10-13;1-3-5-4-2/h9-12H,2-8,15H2,1H3;3-5H,1H2,2H3/b;5-4+. The molecule has 1 aromatic carbocycles. The van der Waals surface area contributed by atoms with E-state index < -0.39 is 0 Å². The van der Waals surface area contributed by atoms with Gasteiger partial charge in [-0.2, -0.15) is 0 Å². The van der Waals surface area contributed by atoms with Crippen LogP contribution in [0.2, 0.25) is 0 Å². The van der Waals surface area contributed by atoms with E-state index in [1.807, 2.05) is 31.2 Å². The molecule has 0 bridgehead atoms. The fraction of sp³-hybridized carbons (Fsp3) is 0.474. The molecule has 1 heteroatoms. The van der Waals surface area contributed by atoms with Gasteiger partial charge in [-0.25, -0.2) is 0 Å². The maximum Gasteiger partial charge on any atom is 0.0314 e. The van der Waals surface area contributed by atoms with Crippen LogP contribution in [0.3, 0.4) is 0 Å². The van der Waals surface area contributed by atoms with Crippen molar-refractivity contribution in [2.45, 2.75) is 58.8 Å². The number of aryl methyl sites for hydroxylation is 1. The van der Waals surface area contributed by atoms with Gasteiger partial charge in [0, 0.05) is 5.69 Å². The summed E-state index contributed by atoms with van der Waals surface area (Å²) in [7, 11) is 0. The van der Waals surface area contributed by atoms with Crippen molar-refractivity contribution in [2.75, 3.05) is 5.73 Å².